The molecule has 1 aromatic heterocycles. The van der Waals surface area contributed by atoms with Gasteiger partial charge in [-0.1, -0.05) is 17.7 Å². The maximum absolute atomic E-state index is 12.0. The second-order valence-corrected chi connectivity index (χ2v) is 4.80. The Kier molecular flexibility index (Phi) is 3.71. The van der Waals surface area contributed by atoms with Gasteiger partial charge in [0.1, 0.15) is 5.02 Å². The first-order valence-corrected chi connectivity index (χ1v) is 6.11. The van der Waals surface area contributed by atoms with Gasteiger partial charge in [0, 0.05) is 11.9 Å². The fourth-order valence-corrected chi connectivity index (χ4v) is 2.01. The predicted octanol–water partition coefficient (Wildman–Crippen LogP) is 2.90. The summed E-state index contributed by atoms with van der Waals surface area (Å²) < 4.78 is 0. The van der Waals surface area contributed by atoms with Crippen LogP contribution in [0.4, 0.5) is 5.69 Å². The van der Waals surface area contributed by atoms with E-state index in [1.807, 2.05) is 32.0 Å². The topological polar surface area (TPSA) is 62.0 Å². The Labute approximate surface area is 115 Å². The first-order valence-electron chi connectivity index (χ1n) is 5.73. The fourth-order valence-electron chi connectivity index (χ4n) is 1.84. The van der Waals surface area contributed by atoms with E-state index in [9.17, 15) is 9.59 Å². The van der Waals surface area contributed by atoms with Crippen LogP contribution in [0, 0.1) is 13.8 Å². The average molecular weight is 277 g/mol. The molecule has 0 radical (unpaired) electrons. The molecule has 0 aliphatic rings. The Hall–Kier alpha value is -2.07. The van der Waals surface area contributed by atoms with Crippen LogP contribution in [0.15, 0.2) is 35.3 Å². The zero-order valence-corrected chi connectivity index (χ0v) is 11.3. The number of hydrogen-bond donors (Lipinski definition) is 2. The lowest BCUT2D eigenvalue weighted by Gasteiger charge is -2.07. The summed E-state index contributed by atoms with van der Waals surface area (Å²) in [6.45, 7) is 3.92. The summed E-state index contributed by atoms with van der Waals surface area (Å²) in [7, 11) is 0. The lowest BCUT2D eigenvalue weighted by molar-refractivity contribution is 0.102. The molecule has 0 bridgehead atoms. The predicted molar refractivity (Wildman–Crippen MR) is 75.9 cm³/mol. The van der Waals surface area contributed by atoms with Crippen LogP contribution in [0.2, 0.25) is 5.02 Å². The largest absolute Gasteiger partial charge is 0.327 e. The summed E-state index contributed by atoms with van der Waals surface area (Å²) in [6.07, 6.45) is 1.34. The van der Waals surface area contributed by atoms with Crippen molar-refractivity contribution in [2.75, 3.05) is 5.32 Å². The molecule has 0 saturated carbocycles. The number of nitrogens with one attached hydrogen (secondary N) is 2. The van der Waals surface area contributed by atoms with Gasteiger partial charge in [-0.3, -0.25) is 9.59 Å². The van der Waals surface area contributed by atoms with Gasteiger partial charge in [0.05, 0.1) is 5.56 Å². The molecule has 0 atom stereocenters. The number of benzene rings is 1. The molecular formula is C14H13ClN2O2. The van der Waals surface area contributed by atoms with Crippen LogP contribution in [-0.4, -0.2) is 10.9 Å². The standard InChI is InChI=1S/C14H13ClN2O2/c1-8-3-9(2)5-11(4-8)17-13(18)10-6-12(15)14(19)16-7-10/h3-7H,1-2H3,(H,16,19)(H,17,18). The van der Waals surface area contributed by atoms with E-state index in [0.29, 0.717) is 11.3 Å². The van der Waals surface area contributed by atoms with Crippen molar-refractivity contribution in [2.45, 2.75) is 13.8 Å². The van der Waals surface area contributed by atoms with Crippen LogP contribution in [-0.2, 0) is 0 Å². The Balaban J connectivity index is 2.25. The van der Waals surface area contributed by atoms with E-state index in [-0.39, 0.29) is 10.9 Å². The molecule has 1 heterocycles. The zero-order valence-electron chi connectivity index (χ0n) is 10.6. The van der Waals surface area contributed by atoms with Crippen molar-refractivity contribution in [3.05, 3.63) is 62.5 Å². The molecule has 2 N–H and O–H groups in total. The number of carbonyl (C=O) groups excluding carboxylic acids is 1. The van der Waals surface area contributed by atoms with E-state index in [0.717, 1.165) is 11.1 Å². The Morgan fingerprint density at radius 3 is 2.37 bits per heavy atom. The van der Waals surface area contributed by atoms with Gasteiger partial charge in [0.15, 0.2) is 0 Å². The molecule has 19 heavy (non-hydrogen) atoms. The van der Waals surface area contributed by atoms with E-state index in [1.54, 1.807) is 0 Å². The van der Waals surface area contributed by atoms with Crippen LogP contribution < -0.4 is 10.9 Å². The highest BCUT2D eigenvalue weighted by Crippen LogP contribution is 2.15. The molecule has 0 spiro atoms. The van der Waals surface area contributed by atoms with Crippen LogP contribution >= 0.6 is 11.6 Å². The molecule has 1 amide bonds. The third-order valence-electron chi connectivity index (χ3n) is 2.60. The summed E-state index contributed by atoms with van der Waals surface area (Å²) in [5.74, 6) is -0.317. The summed E-state index contributed by atoms with van der Waals surface area (Å²) in [6, 6.07) is 7.11. The quantitative estimate of drug-likeness (QED) is 0.886. The molecular weight excluding hydrogens is 264 g/mol. The lowest BCUT2D eigenvalue weighted by Crippen LogP contribution is -2.15. The minimum absolute atomic E-state index is 0.00641. The second kappa shape index (κ2) is 5.28. The molecule has 2 rings (SSSR count). The molecule has 0 unspecified atom stereocenters. The number of aromatic nitrogens is 1. The minimum Gasteiger partial charge on any atom is -0.327 e. The molecule has 2 aromatic rings. The number of anilines is 1. The van der Waals surface area contributed by atoms with E-state index >= 15 is 0 Å². The number of rotatable bonds is 2. The monoisotopic (exact) mass is 276 g/mol. The molecule has 0 fully saturated rings. The summed E-state index contributed by atoms with van der Waals surface area (Å²) in [4.78, 5) is 25.5. The van der Waals surface area contributed by atoms with Gasteiger partial charge in [-0.25, -0.2) is 0 Å². The first-order chi connectivity index (χ1) is 8.95. The number of pyridine rings is 1. The number of H-pyrrole nitrogens is 1. The Bertz CT molecular complexity index is 672. The Morgan fingerprint density at radius 2 is 1.79 bits per heavy atom. The van der Waals surface area contributed by atoms with Gasteiger partial charge in [0.2, 0.25) is 0 Å². The van der Waals surface area contributed by atoms with Crippen molar-refractivity contribution in [3.63, 3.8) is 0 Å². The highest BCUT2D eigenvalue weighted by atomic mass is 35.5. The van der Waals surface area contributed by atoms with E-state index in [2.05, 4.69) is 10.3 Å². The third-order valence-corrected chi connectivity index (χ3v) is 2.88. The molecule has 5 heteroatoms. The molecule has 0 aliphatic heterocycles. The zero-order chi connectivity index (χ0) is 14.0. The number of aryl methyl sites for hydroxylation is 2. The van der Waals surface area contributed by atoms with E-state index in [1.165, 1.54) is 12.3 Å². The molecule has 0 saturated heterocycles. The highest BCUT2D eigenvalue weighted by molar-refractivity contribution is 6.30. The maximum Gasteiger partial charge on any atom is 0.266 e. The minimum atomic E-state index is -0.412. The molecule has 98 valence electrons. The van der Waals surface area contributed by atoms with Crippen molar-refractivity contribution in [1.82, 2.24) is 4.98 Å². The van der Waals surface area contributed by atoms with Crippen LogP contribution in [0.5, 0.6) is 0 Å². The van der Waals surface area contributed by atoms with Gasteiger partial charge in [-0.05, 0) is 43.2 Å². The van der Waals surface area contributed by atoms with Crippen LogP contribution in [0.3, 0.4) is 0 Å². The molecule has 0 aliphatic carbocycles. The van der Waals surface area contributed by atoms with Gasteiger partial charge in [-0.2, -0.15) is 0 Å². The maximum atomic E-state index is 12.0. The third kappa shape index (κ3) is 3.23. The average Bonchev–Trinajstić information content (AvgIpc) is 2.31. The van der Waals surface area contributed by atoms with Gasteiger partial charge in [-0.15, -0.1) is 0 Å². The van der Waals surface area contributed by atoms with Crippen LogP contribution in [0.25, 0.3) is 0 Å². The van der Waals surface area contributed by atoms with E-state index < -0.39 is 5.56 Å². The Morgan fingerprint density at radius 1 is 1.16 bits per heavy atom. The van der Waals surface area contributed by atoms with Crippen LogP contribution in [0.1, 0.15) is 21.5 Å². The summed E-state index contributed by atoms with van der Waals surface area (Å²) in [5.41, 5.74) is 2.74. The van der Waals surface area contributed by atoms with Crippen molar-refractivity contribution in [2.24, 2.45) is 0 Å². The normalized spacial score (nSPS) is 10.3. The van der Waals surface area contributed by atoms with E-state index in [4.69, 9.17) is 11.6 Å². The number of aromatic amines is 1. The van der Waals surface area contributed by atoms with Crippen molar-refractivity contribution in [3.8, 4) is 0 Å². The smallest absolute Gasteiger partial charge is 0.266 e. The summed E-state index contributed by atoms with van der Waals surface area (Å²) in [5, 5.41) is 2.76. The number of amides is 1. The van der Waals surface area contributed by atoms with Gasteiger partial charge < -0.3 is 10.3 Å². The van der Waals surface area contributed by atoms with Gasteiger partial charge >= 0.3 is 0 Å². The van der Waals surface area contributed by atoms with Crippen molar-refractivity contribution >= 4 is 23.2 Å². The second-order valence-electron chi connectivity index (χ2n) is 4.40. The van der Waals surface area contributed by atoms with Gasteiger partial charge in [0.25, 0.3) is 11.5 Å². The number of halogens is 1. The van der Waals surface area contributed by atoms with Crippen molar-refractivity contribution < 1.29 is 4.79 Å². The lowest BCUT2D eigenvalue weighted by atomic mass is 10.1. The first kappa shape index (κ1) is 13.4. The highest BCUT2D eigenvalue weighted by Gasteiger charge is 2.08. The molecule has 1 aromatic carbocycles. The number of hydrogen-bond acceptors (Lipinski definition) is 2. The summed E-state index contributed by atoms with van der Waals surface area (Å²) >= 11 is 5.69. The fraction of sp³-hybridized carbons (Fsp3) is 0.143. The molecule has 4 nitrogen and oxygen atoms in total. The van der Waals surface area contributed by atoms with Crippen molar-refractivity contribution in [1.29, 1.82) is 0 Å². The SMILES string of the molecule is Cc1cc(C)cc(NC(=O)c2c[nH]c(=O)c(Cl)c2)c1. The number of carbonyl (C=O) groups is 1.